The highest BCUT2D eigenvalue weighted by Crippen LogP contribution is 2.31. The molecular formula is C15H18ClFN2O2. The summed E-state index contributed by atoms with van der Waals surface area (Å²) in [6.45, 7) is 3.88. The van der Waals surface area contributed by atoms with Crippen molar-refractivity contribution < 1.29 is 14.0 Å². The van der Waals surface area contributed by atoms with Gasteiger partial charge in [0.05, 0.1) is 10.7 Å². The van der Waals surface area contributed by atoms with Gasteiger partial charge in [-0.15, -0.1) is 0 Å². The molecule has 0 radical (unpaired) electrons. The number of rotatable bonds is 3. The lowest BCUT2D eigenvalue weighted by Gasteiger charge is -2.34. The van der Waals surface area contributed by atoms with Crippen molar-refractivity contribution in [3.8, 4) is 0 Å². The summed E-state index contributed by atoms with van der Waals surface area (Å²) in [6.07, 6.45) is 1.11. The minimum atomic E-state index is -0.955. The van der Waals surface area contributed by atoms with Crippen LogP contribution in [0.25, 0.3) is 0 Å². The highest BCUT2D eigenvalue weighted by molar-refractivity contribution is 6.34. The average molecular weight is 313 g/mol. The summed E-state index contributed by atoms with van der Waals surface area (Å²) in [6, 6.07) is 3.88. The van der Waals surface area contributed by atoms with Crippen LogP contribution >= 0.6 is 11.6 Å². The lowest BCUT2D eigenvalue weighted by molar-refractivity contribution is -0.130. The van der Waals surface area contributed by atoms with Gasteiger partial charge in [-0.2, -0.15) is 0 Å². The van der Waals surface area contributed by atoms with Crippen molar-refractivity contribution in [1.29, 1.82) is 0 Å². The Morgan fingerprint density at radius 2 is 2.00 bits per heavy atom. The Morgan fingerprint density at radius 3 is 2.62 bits per heavy atom. The Kier molecular flexibility index (Phi) is 4.52. The molecule has 1 aliphatic rings. The quantitative estimate of drug-likeness (QED) is 0.933. The molecule has 114 valence electrons. The van der Waals surface area contributed by atoms with Crippen LogP contribution in [0.5, 0.6) is 0 Å². The molecule has 1 N–H and O–H groups in total. The van der Waals surface area contributed by atoms with Crippen LogP contribution in [0.15, 0.2) is 18.2 Å². The first-order chi connectivity index (χ1) is 9.93. The zero-order chi connectivity index (χ0) is 15.6. The van der Waals surface area contributed by atoms with Gasteiger partial charge >= 0.3 is 0 Å². The highest BCUT2D eigenvalue weighted by atomic mass is 35.5. The second kappa shape index (κ2) is 6.02. The van der Waals surface area contributed by atoms with Gasteiger partial charge in [-0.25, -0.2) is 4.39 Å². The van der Waals surface area contributed by atoms with Crippen molar-refractivity contribution in [3.05, 3.63) is 29.0 Å². The third-order valence-corrected chi connectivity index (χ3v) is 4.32. The van der Waals surface area contributed by atoms with Gasteiger partial charge in [0.2, 0.25) is 5.91 Å². The summed E-state index contributed by atoms with van der Waals surface area (Å²) in [5, 5.41) is 3.10. The summed E-state index contributed by atoms with van der Waals surface area (Å²) in [5.74, 6) is -0.891. The van der Waals surface area contributed by atoms with Crippen LogP contribution in [0.1, 0.15) is 33.1 Å². The van der Waals surface area contributed by atoms with Crippen molar-refractivity contribution in [3.63, 3.8) is 0 Å². The minimum Gasteiger partial charge on any atom is -0.342 e. The van der Waals surface area contributed by atoms with Crippen molar-refractivity contribution in [1.82, 2.24) is 5.32 Å². The number of hydrogen-bond donors (Lipinski definition) is 1. The third-order valence-electron chi connectivity index (χ3n) is 4.00. The molecule has 0 unspecified atom stereocenters. The van der Waals surface area contributed by atoms with E-state index in [-0.39, 0.29) is 24.8 Å². The standard InChI is InChI=1S/C15H18ClFN2O2/c1-3-15(4-2)14(21)19(8-7-13(20)18-15)12-9-10(17)5-6-11(12)16/h5-6,9H,3-4,7-8H2,1-2H3,(H,18,20). The van der Waals surface area contributed by atoms with Crippen LogP contribution in [0.2, 0.25) is 5.02 Å². The second-order valence-corrected chi connectivity index (χ2v) is 5.55. The summed E-state index contributed by atoms with van der Waals surface area (Å²) < 4.78 is 13.5. The molecule has 0 aliphatic carbocycles. The van der Waals surface area contributed by atoms with Gasteiger partial charge in [0.1, 0.15) is 11.4 Å². The lowest BCUT2D eigenvalue weighted by Crippen LogP contribution is -2.56. The van der Waals surface area contributed by atoms with Gasteiger partial charge in [-0.3, -0.25) is 9.59 Å². The molecule has 0 spiro atoms. The van der Waals surface area contributed by atoms with Crippen LogP contribution < -0.4 is 10.2 Å². The molecular weight excluding hydrogens is 295 g/mol. The molecule has 4 nitrogen and oxygen atoms in total. The molecule has 1 fully saturated rings. The molecule has 2 rings (SSSR count). The van der Waals surface area contributed by atoms with E-state index in [9.17, 15) is 14.0 Å². The van der Waals surface area contributed by atoms with Crippen molar-refractivity contribution in [2.45, 2.75) is 38.6 Å². The minimum absolute atomic E-state index is 0.167. The van der Waals surface area contributed by atoms with Gasteiger partial charge in [0, 0.05) is 13.0 Å². The summed E-state index contributed by atoms with van der Waals surface area (Å²) in [5.41, 5.74) is -0.645. The summed E-state index contributed by atoms with van der Waals surface area (Å²) in [7, 11) is 0. The van der Waals surface area contributed by atoms with Gasteiger partial charge in [0.25, 0.3) is 5.91 Å². The first-order valence-electron chi connectivity index (χ1n) is 7.01. The molecule has 6 heteroatoms. The zero-order valence-corrected chi connectivity index (χ0v) is 12.8. The Labute approximate surface area is 128 Å². The van der Waals surface area contributed by atoms with E-state index >= 15 is 0 Å². The average Bonchev–Trinajstić information content (AvgIpc) is 2.59. The Hall–Kier alpha value is -1.62. The van der Waals surface area contributed by atoms with Crippen LogP contribution in [0, 0.1) is 5.82 Å². The maximum absolute atomic E-state index is 13.5. The monoisotopic (exact) mass is 312 g/mol. The normalized spacial score (nSPS) is 18.4. The maximum atomic E-state index is 13.5. The van der Waals surface area contributed by atoms with Crippen LogP contribution in [-0.2, 0) is 9.59 Å². The fourth-order valence-electron chi connectivity index (χ4n) is 2.61. The van der Waals surface area contributed by atoms with E-state index in [4.69, 9.17) is 11.6 Å². The van der Waals surface area contributed by atoms with Crippen LogP contribution in [-0.4, -0.2) is 23.9 Å². The second-order valence-electron chi connectivity index (χ2n) is 5.14. The maximum Gasteiger partial charge on any atom is 0.252 e. The largest absolute Gasteiger partial charge is 0.342 e. The number of nitrogens with one attached hydrogen (secondary N) is 1. The number of halogens is 2. The molecule has 0 aromatic heterocycles. The first kappa shape index (κ1) is 15.8. The highest BCUT2D eigenvalue weighted by Gasteiger charge is 2.42. The van der Waals surface area contributed by atoms with Gasteiger partial charge in [0.15, 0.2) is 0 Å². The molecule has 1 aliphatic heterocycles. The van der Waals surface area contributed by atoms with E-state index in [1.165, 1.54) is 23.1 Å². The molecule has 2 amide bonds. The molecule has 1 aromatic carbocycles. The predicted molar refractivity (Wildman–Crippen MR) is 79.8 cm³/mol. The van der Waals surface area contributed by atoms with Crippen LogP contribution in [0.4, 0.5) is 10.1 Å². The molecule has 0 bridgehead atoms. The van der Waals surface area contributed by atoms with E-state index in [0.717, 1.165) is 0 Å². The van der Waals surface area contributed by atoms with E-state index in [0.29, 0.717) is 23.6 Å². The Balaban J connectivity index is 2.49. The van der Waals surface area contributed by atoms with Gasteiger partial charge in [-0.1, -0.05) is 25.4 Å². The molecule has 0 atom stereocenters. The fraction of sp³-hybridized carbons (Fsp3) is 0.467. The van der Waals surface area contributed by atoms with Gasteiger partial charge in [-0.05, 0) is 31.0 Å². The van der Waals surface area contributed by atoms with Crippen molar-refractivity contribution in [2.75, 3.05) is 11.4 Å². The van der Waals surface area contributed by atoms with Crippen molar-refractivity contribution >= 4 is 29.1 Å². The smallest absolute Gasteiger partial charge is 0.252 e. The SMILES string of the molecule is CCC1(CC)NC(=O)CCN(c2cc(F)ccc2Cl)C1=O. The molecule has 1 heterocycles. The summed E-state index contributed by atoms with van der Waals surface area (Å²) >= 11 is 6.10. The number of hydrogen-bond acceptors (Lipinski definition) is 2. The zero-order valence-electron chi connectivity index (χ0n) is 12.1. The number of nitrogens with zero attached hydrogens (tertiary/aromatic N) is 1. The number of carbonyl (C=O) groups is 2. The molecule has 1 aromatic rings. The third kappa shape index (κ3) is 2.88. The Morgan fingerprint density at radius 1 is 1.33 bits per heavy atom. The molecule has 0 saturated carbocycles. The fourth-order valence-corrected chi connectivity index (χ4v) is 2.83. The number of anilines is 1. The van der Waals surface area contributed by atoms with E-state index < -0.39 is 11.4 Å². The molecule has 21 heavy (non-hydrogen) atoms. The first-order valence-corrected chi connectivity index (χ1v) is 7.39. The van der Waals surface area contributed by atoms with E-state index in [1.54, 1.807) is 0 Å². The number of benzene rings is 1. The lowest BCUT2D eigenvalue weighted by atomic mass is 9.91. The van der Waals surface area contributed by atoms with E-state index in [1.807, 2.05) is 13.8 Å². The Bertz CT molecular complexity index is 573. The molecule has 1 saturated heterocycles. The van der Waals surface area contributed by atoms with Gasteiger partial charge < -0.3 is 10.2 Å². The topological polar surface area (TPSA) is 49.4 Å². The predicted octanol–water partition coefficient (Wildman–Crippen LogP) is 2.89. The number of amides is 2. The summed E-state index contributed by atoms with van der Waals surface area (Å²) in [4.78, 5) is 26.2. The van der Waals surface area contributed by atoms with Crippen LogP contribution in [0.3, 0.4) is 0 Å². The van der Waals surface area contributed by atoms with E-state index in [2.05, 4.69) is 5.32 Å². The number of carbonyl (C=O) groups excluding carboxylic acids is 2. The van der Waals surface area contributed by atoms with Crippen molar-refractivity contribution in [2.24, 2.45) is 0 Å².